The van der Waals surface area contributed by atoms with Crippen molar-refractivity contribution in [2.45, 2.75) is 52.1 Å². The highest BCUT2D eigenvalue weighted by atomic mass is 16.2. The third kappa shape index (κ3) is 4.05. The van der Waals surface area contributed by atoms with Crippen LogP contribution in [-0.4, -0.2) is 36.0 Å². The Morgan fingerprint density at radius 2 is 2.14 bits per heavy atom. The molecule has 1 aromatic carbocycles. The summed E-state index contributed by atoms with van der Waals surface area (Å²) in [5, 5.41) is 3.04. The number of rotatable bonds is 4. The number of carbonyl (C=O) groups excluding carboxylic acids is 1. The number of hydrogen-bond donors (Lipinski definition) is 2. The van der Waals surface area contributed by atoms with Crippen LogP contribution in [0, 0.1) is 13.8 Å². The maximum Gasteiger partial charge on any atom is 0.238 e. The number of hydrogen-bond acceptors (Lipinski definition) is 3. The van der Waals surface area contributed by atoms with Crippen LogP contribution >= 0.6 is 0 Å². The minimum Gasteiger partial charge on any atom is -0.329 e. The van der Waals surface area contributed by atoms with E-state index in [9.17, 15) is 4.79 Å². The lowest BCUT2D eigenvalue weighted by Gasteiger charge is -2.39. The first kappa shape index (κ1) is 16.0. The van der Waals surface area contributed by atoms with Crippen molar-refractivity contribution in [2.24, 2.45) is 5.73 Å². The molecule has 1 amide bonds. The van der Waals surface area contributed by atoms with Crippen LogP contribution in [0.2, 0.25) is 0 Å². The molecule has 1 aliphatic heterocycles. The fourth-order valence-corrected chi connectivity index (χ4v) is 3.10. The van der Waals surface area contributed by atoms with Gasteiger partial charge in [0.15, 0.2) is 0 Å². The van der Waals surface area contributed by atoms with Crippen molar-refractivity contribution in [1.29, 1.82) is 0 Å². The first-order valence-electron chi connectivity index (χ1n) is 7.84. The Labute approximate surface area is 127 Å². The summed E-state index contributed by atoms with van der Waals surface area (Å²) in [7, 11) is 0. The highest BCUT2D eigenvalue weighted by Gasteiger charge is 2.28. The van der Waals surface area contributed by atoms with Crippen LogP contribution in [0.4, 0.5) is 5.69 Å². The minimum atomic E-state index is 0.0518. The van der Waals surface area contributed by atoms with Gasteiger partial charge < -0.3 is 11.1 Å². The molecular weight excluding hydrogens is 262 g/mol. The molecular formula is C17H27N3O. The van der Waals surface area contributed by atoms with Gasteiger partial charge in [-0.2, -0.15) is 0 Å². The summed E-state index contributed by atoms with van der Waals surface area (Å²) in [6.45, 7) is 7.29. The van der Waals surface area contributed by atoms with Crippen LogP contribution in [0.25, 0.3) is 0 Å². The zero-order chi connectivity index (χ0) is 15.4. The van der Waals surface area contributed by atoms with Crippen LogP contribution < -0.4 is 11.1 Å². The number of piperidine rings is 1. The molecule has 1 fully saturated rings. The van der Waals surface area contributed by atoms with Crippen molar-refractivity contribution in [2.75, 3.05) is 18.4 Å². The van der Waals surface area contributed by atoms with E-state index >= 15 is 0 Å². The number of nitrogens with two attached hydrogens (primary N) is 1. The highest BCUT2D eigenvalue weighted by Crippen LogP contribution is 2.22. The monoisotopic (exact) mass is 289 g/mol. The molecule has 0 aliphatic carbocycles. The molecule has 4 heteroatoms. The summed E-state index contributed by atoms with van der Waals surface area (Å²) >= 11 is 0. The van der Waals surface area contributed by atoms with Gasteiger partial charge in [0.1, 0.15) is 0 Å². The zero-order valence-corrected chi connectivity index (χ0v) is 13.4. The Morgan fingerprint density at radius 1 is 1.38 bits per heavy atom. The largest absolute Gasteiger partial charge is 0.329 e. The molecule has 1 aliphatic rings. The van der Waals surface area contributed by atoms with E-state index in [1.54, 1.807) is 0 Å². The minimum absolute atomic E-state index is 0.0518. The second kappa shape index (κ2) is 7.05. The Balaban J connectivity index is 2.01. The van der Waals surface area contributed by atoms with Crippen LogP contribution in [0.15, 0.2) is 18.2 Å². The number of nitrogens with zero attached hydrogens (tertiary/aromatic N) is 1. The Hall–Kier alpha value is -1.39. The second-order valence-corrected chi connectivity index (χ2v) is 6.21. The third-order valence-corrected chi connectivity index (χ3v) is 4.46. The van der Waals surface area contributed by atoms with E-state index in [0.717, 1.165) is 29.7 Å². The van der Waals surface area contributed by atoms with Crippen LogP contribution in [0.1, 0.15) is 37.3 Å². The van der Waals surface area contributed by atoms with Gasteiger partial charge >= 0.3 is 0 Å². The fourth-order valence-electron chi connectivity index (χ4n) is 3.10. The maximum atomic E-state index is 12.4. The SMILES string of the molecule is Cc1ccc(C)c(NC(=O)CN2C(C)CCCC2CN)c1. The summed E-state index contributed by atoms with van der Waals surface area (Å²) in [6.07, 6.45) is 3.45. The Bertz CT molecular complexity index is 501. The van der Waals surface area contributed by atoms with Crippen molar-refractivity contribution < 1.29 is 4.79 Å². The quantitative estimate of drug-likeness (QED) is 0.895. The third-order valence-electron chi connectivity index (χ3n) is 4.46. The van der Waals surface area contributed by atoms with Crippen molar-refractivity contribution in [1.82, 2.24) is 4.90 Å². The van der Waals surface area contributed by atoms with E-state index in [0.29, 0.717) is 25.2 Å². The van der Waals surface area contributed by atoms with E-state index < -0.39 is 0 Å². The molecule has 4 nitrogen and oxygen atoms in total. The Morgan fingerprint density at radius 3 is 2.86 bits per heavy atom. The lowest BCUT2D eigenvalue weighted by Crippen LogP contribution is -2.51. The number of anilines is 1. The maximum absolute atomic E-state index is 12.4. The van der Waals surface area contributed by atoms with Gasteiger partial charge in [-0.15, -0.1) is 0 Å². The zero-order valence-electron chi connectivity index (χ0n) is 13.4. The topological polar surface area (TPSA) is 58.4 Å². The summed E-state index contributed by atoms with van der Waals surface area (Å²) < 4.78 is 0. The van der Waals surface area contributed by atoms with E-state index in [4.69, 9.17) is 5.73 Å². The van der Waals surface area contributed by atoms with Crippen molar-refractivity contribution in [3.8, 4) is 0 Å². The van der Waals surface area contributed by atoms with Gasteiger partial charge in [0, 0.05) is 24.3 Å². The summed E-state index contributed by atoms with van der Waals surface area (Å²) in [6, 6.07) is 6.88. The standard InChI is InChI=1S/C17H27N3O/c1-12-7-8-13(2)16(9-12)19-17(21)11-20-14(3)5-4-6-15(20)10-18/h7-9,14-15H,4-6,10-11,18H2,1-3H3,(H,19,21). The Kier molecular flexibility index (Phi) is 5.37. The number of aryl methyl sites for hydroxylation is 2. The van der Waals surface area contributed by atoms with E-state index in [-0.39, 0.29) is 5.91 Å². The van der Waals surface area contributed by atoms with Gasteiger partial charge in [0.2, 0.25) is 5.91 Å². The van der Waals surface area contributed by atoms with Crippen LogP contribution in [0.3, 0.4) is 0 Å². The highest BCUT2D eigenvalue weighted by molar-refractivity contribution is 5.93. The number of amides is 1. The lowest BCUT2D eigenvalue weighted by atomic mass is 9.96. The van der Waals surface area contributed by atoms with Gasteiger partial charge in [-0.05, 0) is 50.8 Å². The predicted molar refractivity (Wildman–Crippen MR) is 87.4 cm³/mol. The summed E-state index contributed by atoms with van der Waals surface area (Å²) in [5.41, 5.74) is 9.01. The van der Waals surface area contributed by atoms with Crippen LogP contribution in [-0.2, 0) is 4.79 Å². The second-order valence-electron chi connectivity index (χ2n) is 6.21. The normalized spacial score (nSPS) is 23.0. The molecule has 1 heterocycles. The molecule has 0 radical (unpaired) electrons. The van der Waals surface area contributed by atoms with Crippen LogP contribution in [0.5, 0.6) is 0 Å². The number of carbonyl (C=O) groups is 1. The van der Waals surface area contributed by atoms with Gasteiger partial charge in [0.05, 0.1) is 6.54 Å². The summed E-state index contributed by atoms with van der Waals surface area (Å²) in [4.78, 5) is 14.6. The molecule has 21 heavy (non-hydrogen) atoms. The van der Waals surface area contributed by atoms with Crippen molar-refractivity contribution in [3.63, 3.8) is 0 Å². The molecule has 0 bridgehead atoms. The first-order chi connectivity index (χ1) is 10.0. The average Bonchev–Trinajstić information content (AvgIpc) is 2.45. The molecule has 2 unspecified atom stereocenters. The van der Waals surface area contributed by atoms with E-state index in [2.05, 4.69) is 23.2 Å². The molecule has 116 valence electrons. The summed E-state index contributed by atoms with van der Waals surface area (Å²) in [5.74, 6) is 0.0518. The van der Waals surface area contributed by atoms with Gasteiger partial charge in [0.25, 0.3) is 0 Å². The number of benzene rings is 1. The first-order valence-corrected chi connectivity index (χ1v) is 7.84. The van der Waals surface area contributed by atoms with E-state index in [1.807, 2.05) is 26.0 Å². The molecule has 1 saturated heterocycles. The molecule has 3 N–H and O–H groups in total. The molecule has 0 spiro atoms. The van der Waals surface area contributed by atoms with Gasteiger partial charge in [-0.25, -0.2) is 0 Å². The smallest absolute Gasteiger partial charge is 0.238 e. The average molecular weight is 289 g/mol. The number of nitrogens with one attached hydrogen (secondary N) is 1. The van der Waals surface area contributed by atoms with Gasteiger partial charge in [-0.1, -0.05) is 18.6 Å². The van der Waals surface area contributed by atoms with E-state index in [1.165, 1.54) is 6.42 Å². The van der Waals surface area contributed by atoms with Crippen molar-refractivity contribution >= 4 is 11.6 Å². The molecule has 2 rings (SSSR count). The molecule has 2 atom stereocenters. The lowest BCUT2D eigenvalue weighted by molar-refractivity contribution is -0.118. The molecule has 0 aromatic heterocycles. The number of likely N-dealkylation sites (tertiary alicyclic amines) is 1. The predicted octanol–water partition coefficient (Wildman–Crippen LogP) is 2.44. The van der Waals surface area contributed by atoms with Crippen molar-refractivity contribution in [3.05, 3.63) is 29.3 Å². The molecule has 1 aromatic rings. The van der Waals surface area contributed by atoms with Gasteiger partial charge in [-0.3, -0.25) is 9.69 Å². The molecule has 0 saturated carbocycles. The fraction of sp³-hybridized carbons (Fsp3) is 0.588.